The van der Waals surface area contributed by atoms with Crippen molar-refractivity contribution >= 4 is 11.5 Å². The second kappa shape index (κ2) is 4.44. The minimum Gasteiger partial charge on any atom is -0.391 e. The van der Waals surface area contributed by atoms with Crippen LogP contribution in [0, 0.1) is 10.1 Å². The molecule has 0 fully saturated rings. The average Bonchev–Trinajstić information content (AvgIpc) is 2.17. The maximum absolute atomic E-state index is 10.7. The number of pyridine rings is 1. The molecule has 1 aromatic heterocycles. The quantitative estimate of drug-likeness (QED) is 0.599. The summed E-state index contributed by atoms with van der Waals surface area (Å²) in [5, 5.41) is 23.1. The van der Waals surface area contributed by atoms with E-state index in [1.165, 1.54) is 18.3 Å². The van der Waals surface area contributed by atoms with Gasteiger partial charge in [-0.2, -0.15) is 0 Å². The van der Waals surface area contributed by atoms with E-state index in [2.05, 4.69) is 10.3 Å². The van der Waals surface area contributed by atoms with Crippen molar-refractivity contribution in [1.82, 2.24) is 4.98 Å². The number of hydrogen-bond acceptors (Lipinski definition) is 5. The summed E-state index contributed by atoms with van der Waals surface area (Å²) >= 11 is 0. The SMILES string of the molecule is CC(O)C(C)(C)Nc1ncccc1[N+](=O)[O-]. The fraction of sp³-hybridized carbons (Fsp3) is 0.500. The fourth-order valence-corrected chi connectivity index (χ4v) is 1.05. The van der Waals surface area contributed by atoms with Crippen molar-refractivity contribution in [2.24, 2.45) is 0 Å². The molecule has 6 heteroatoms. The van der Waals surface area contributed by atoms with Gasteiger partial charge in [0.2, 0.25) is 5.82 Å². The van der Waals surface area contributed by atoms with Gasteiger partial charge in [-0.1, -0.05) is 0 Å². The number of aliphatic hydroxyl groups excluding tert-OH is 1. The van der Waals surface area contributed by atoms with Crippen molar-refractivity contribution in [3.8, 4) is 0 Å². The average molecular weight is 225 g/mol. The highest BCUT2D eigenvalue weighted by Crippen LogP contribution is 2.25. The van der Waals surface area contributed by atoms with E-state index >= 15 is 0 Å². The number of nitrogens with zero attached hydrogens (tertiary/aromatic N) is 2. The van der Waals surface area contributed by atoms with Gasteiger partial charge in [0, 0.05) is 12.3 Å². The monoisotopic (exact) mass is 225 g/mol. The van der Waals surface area contributed by atoms with Gasteiger partial charge in [0.1, 0.15) is 0 Å². The molecule has 0 bridgehead atoms. The van der Waals surface area contributed by atoms with Gasteiger partial charge >= 0.3 is 5.69 Å². The van der Waals surface area contributed by atoms with Gasteiger partial charge in [0.15, 0.2) is 0 Å². The van der Waals surface area contributed by atoms with E-state index in [1.54, 1.807) is 20.8 Å². The molecule has 0 aliphatic carbocycles. The summed E-state index contributed by atoms with van der Waals surface area (Å²) in [6.45, 7) is 5.11. The molecule has 1 unspecified atom stereocenters. The first-order chi connectivity index (χ1) is 7.34. The summed E-state index contributed by atoms with van der Waals surface area (Å²) in [6.07, 6.45) is 0.807. The van der Waals surface area contributed by atoms with Crippen LogP contribution >= 0.6 is 0 Å². The number of aromatic nitrogens is 1. The number of nitro groups is 1. The number of rotatable bonds is 4. The van der Waals surface area contributed by atoms with E-state index < -0.39 is 16.6 Å². The minimum absolute atomic E-state index is 0.101. The smallest absolute Gasteiger partial charge is 0.311 e. The lowest BCUT2D eigenvalue weighted by atomic mass is 9.99. The Labute approximate surface area is 93.5 Å². The normalized spacial score (nSPS) is 13.2. The summed E-state index contributed by atoms with van der Waals surface area (Å²) in [5.74, 6) is 0.165. The summed E-state index contributed by atoms with van der Waals surface area (Å²) in [4.78, 5) is 14.1. The second-order valence-corrected chi connectivity index (χ2v) is 4.15. The molecule has 0 saturated heterocycles. The molecule has 1 aromatic rings. The van der Waals surface area contributed by atoms with E-state index in [4.69, 9.17) is 0 Å². The van der Waals surface area contributed by atoms with E-state index in [0.29, 0.717) is 0 Å². The van der Waals surface area contributed by atoms with Gasteiger partial charge in [-0.15, -0.1) is 0 Å². The van der Waals surface area contributed by atoms with E-state index in [1.807, 2.05) is 0 Å². The third-order valence-electron chi connectivity index (χ3n) is 2.47. The van der Waals surface area contributed by atoms with Gasteiger partial charge in [-0.3, -0.25) is 10.1 Å². The number of aliphatic hydroxyl groups is 1. The van der Waals surface area contributed by atoms with Crippen LogP contribution in [0.1, 0.15) is 20.8 Å². The fourth-order valence-electron chi connectivity index (χ4n) is 1.05. The lowest BCUT2D eigenvalue weighted by molar-refractivity contribution is -0.384. The Morgan fingerprint density at radius 3 is 2.75 bits per heavy atom. The van der Waals surface area contributed by atoms with Crippen LogP contribution in [-0.4, -0.2) is 26.7 Å². The molecular formula is C10H15N3O3. The molecule has 0 aromatic carbocycles. The highest BCUT2D eigenvalue weighted by atomic mass is 16.6. The molecule has 1 heterocycles. The van der Waals surface area contributed by atoms with E-state index in [0.717, 1.165) is 0 Å². The predicted octanol–water partition coefficient (Wildman–Crippen LogP) is 1.56. The lowest BCUT2D eigenvalue weighted by Crippen LogP contribution is -2.42. The largest absolute Gasteiger partial charge is 0.391 e. The molecule has 0 radical (unpaired) electrons. The Hall–Kier alpha value is -1.69. The Kier molecular flexibility index (Phi) is 3.44. The first kappa shape index (κ1) is 12.4. The second-order valence-electron chi connectivity index (χ2n) is 4.15. The van der Waals surface area contributed by atoms with Gasteiger partial charge in [-0.05, 0) is 26.8 Å². The maximum atomic E-state index is 10.7. The zero-order valence-corrected chi connectivity index (χ0v) is 9.47. The molecule has 0 amide bonds. The third-order valence-corrected chi connectivity index (χ3v) is 2.47. The summed E-state index contributed by atoms with van der Waals surface area (Å²) < 4.78 is 0. The Morgan fingerprint density at radius 1 is 1.62 bits per heavy atom. The van der Waals surface area contributed by atoms with Crippen molar-refractivity contribution in [3.05, 3.63) is 28.4 Å². The highest BCUT2D eigenvalue weighted by molar-refractivity contribution is 5.56. The van der Waals surface area contributed by atoms with Gasteiger partial charge in [-0.25, -0.2) is 4.98 Å². The van der Waals surface area contributed by atoms with Crippen LogP contribution in [0.5, 0.6) is 0 Å². The molecule has 2 N–H and O–H groups in total. The van der Waals surface area contributed by atoms with Crippen molar-refractivity contribution in [3.63, 3.8) is 0 Å². The summed E-state index contributed by atoms with van der Waals surface area (Å²) in [5.41, 5.74) is -0.782. The number of hydrogen-bond donors (Lipinski definition) is 2. The lowest BCUT2D eigenvalue weighted by Gasteiger charge is -2.29. The summed E-state index contributed by atoms with van der Waals surface area (Å²) in [6, 6.07) is 2.87. The van der Waals surface area contributed by atoms with Gasteiger partial charge < -0.3 is 10.4 Å². The van der Waals surface area contributed by atoms with Crippen LogP contribution in [0.25, 0.3) is 0 Å². The molecule has 6 nitrogen and oxygen atoms in total. The third kappa shape index (κ3) is 2.66. The highest BCUT2D eigenvalue weighted by Gasteiger charge is 2.27. The first-order valence-corrected chi connectivity index (χ1v) is 4.90. The molecule has 0 aliphatic rings. The van der Waals surface area contributed by atoms with Gasteiger partial charge in [0.05, 0.1) is 16.6 Å². The predicted molar refractivity (Wildman–Crippen MR) is 60.3 cm³/mol. The van der Waals surface area contributed by atoms with Crippen molar-refractivity contribution in [2.45, 2.75) is 32.4 Å². The molecule has 1 atom stereocenters. The Morgan fingerprint density at radius 2 is 2.25 bits per heavy atom. The van der Waals surface area contributed by atoms with Crippen LogP contribution in [0.15, 0.2) is 18.3 Å². The molecule has 88 valence electrons. The van der Waals surface area contributed by atoms with Crippen LogP contribution in [0.4, 0.5) is 11.5 Å². The Balaban J connectivity index is 3.02. The molecule has 0 aliphatic heterocycles. The maximum Gasteiger partial charge on any atom is 0.311 e. The summed E-state index contributed by atoms with van der Waals surface area (Å²) in [7, 11) is 0. The van der Waals surface area contributed by atoms with E-state index in [-0.39, 0.29) is 11.5 Å². The van der Waals surface area contributed by atoms with Crippen LogP contribution in [-0.2, 0) is 0 Å². The van der Waals surface area contributed by atoms with Crippen molar-refractivity contribution in [1.29, 1.82) is 0 Å². The zero-order valence-electron chi connectivity index (χ0n) is 9.47. The number of anilines is 1. The molecule has 1 rings (SSSR count). The topological polar surface area (TPSA) is 88.3 Å². The van der Waals surface area contributed by atoms with Crippen LogP contribution < -0.4 is 5.32 Å². The van der Waals surface area contributed by atoms with Crippen LogP contribution in [0.3, 0.4) is 0 Å². The Bertz CT molecular complexity index is 391. The molecule has 0 saturated carbocycles. The van der Waals surface area contributed by atoms with E-state index in [9.17, 15) is 15.2 Å². The standard InChI is InChI=1S/C10H15N3O3/c1-7(14)10(2,3)12-9-8(13(15)16)5-4-6-11-9/h4-7,14H,1-3H3,(H,11,12). The zero-order chi connectivity index (χ0) is 12.3. The molecule has 16 heavy (non-hydrogen) atoms. The molecular weight excluding hydrogens is 210 g/mol. The van der Waals surface area contributed by atoms with Crippen molar-refractivity contribution < 1.29 is 10.0 Å². The van der Waals surface area contributed by atoms with Crippen LogP contribution in [0.2, 0.25) is 0 Å². The first-order valence-electron chi connectivity index (χ1n) is 4.90. The molecule has 0 spiro atoms. The van der Waals surface area contributed by atoms with Gasteiger partial charge in [0.25, 0.3) is 0 Å². The minimum atomic E-state index is -0.681. The van der Waals surface area contributed by atoms with Crippen molar-refractivity contribution in [2.75, 3.05) is 5.32 Å². The number of nitrogens with one attached hydrogen (secondary N) is 1.